The van der Waals surface area contributed by atoms with Crippen molar-refractivity contribution in [2.75, 3.05) is 5.73 Å². The molecule has 0 aliphatic carbocycles. The van der Waals surface area contributed by atoms with E-state index < -0.39 is 11.7 Å². The average molecular weight is 297 g/mol. The van der Waals surface area contributed by atoms with Gasteiger partial charge >= 0.3 is 6.18 Å². The molecule has 0 fully saturated rings. The number of ether oxygens (including phenoxy) is 1. The van der Waals surface area contributed by atoms with E-state index in [1.165, 1.54) is 6.20 Å². The van der Waals surface area contributed by atoms with Crippen molar-refractivity contribution in [3.63, 3.8) is 0 Å². The van der Waals surface area contributed by atoms with Gasteiger partial charge in [-0.1, -0.05) is 0 Å². The fraction of sp³-hybridized carbons (Fsp3) is 0.357. The van der Waals surface area contributed by atoms with Gasteiger partial charge in [0.2, 0.25) is 0 Å². The standard InChI is InChI=1S/C14H14F3N3O/c1-13(2,14(15,16)17)20-6-8-7-21-11-4-3-9(18)5-10(11)12(8)19-20/h3-6H,7,18H2,1-2H3. The van der Waals surface area contributed by atoms with Gasteiger partial charge < -0.3 is 10.5 Å². The maximum absolute atomic E-state index is 13.1. The van der Waals surface area contributed by atoms with Gasteiger partial charge in [0.25, 0.3) is 0 Å². The Morgan fingerprint density at radius 1 is 1.29 bits per heavy atom. The number of alkyl halides is 3. The molecule has 1 aliphatic heterocycles. The molecule has 0 saturated carbocycles. The van der Waals surface area contributed by atoms with Crippen LogP contribution in [0.5, 0.6) is 5.75 Å². The Kier molecular flexibility index (Phi) is 2.73. The molecule has 0 radical (unpaired) electrons. The molecule has 0 unspecified atom stereocenters. The first kappa shape index (κ1) is 13.8. The van der Waals surface area contributed by atoms with Gasteiger partial charge in [0.1, 0.15) is 18.1 Å². The van der Waals surface area contributed by atoms with Gasteiger partial charge in [-0.15, -0.1) is 0 Å². The van der Waals surface area contributed by atoms with Gasteiger partial charge in [0.05, 0.1) is 0 Å². The summed E-state index contributed by atoms with van der Waals surface area (Å²) >= 11 is 0. The van der Waals surface area contributed by atoms with Crippen LogP contribution in [0.2, 0.25) is 0 Å². The number of nitrogen functional groups attached to an aromatic ring is 1. The van der Waals surface area contributed by atoms with Gasteiger partial charge in [0, 0.05) is 23.0 Å². The largest absolute Gasteiger partial charge is 0.488 e. The number of halogens is 3. The third-order valence-electron chi connectivity index (χ3n) is 3.70. The molecule has 2 aromatic rings. The predicted molar refractivity (Wildman–Crippen MR) is 71.8 cm³/mol. The molecule has 2 N–H and O–H groups in total. The third-order valence-corrected chi connectivity index (χ3v) is 3.70. The molecular formula is C14H14F3N3O. The van der Waals surface area contributed by atoms with Crippen LogP contribution in [0, 0.1) is 0 Å². The smallest absolute Gasteiger partial charge is 0.413 e. The molecule has 0 amide bonds. The second-order valence-corrected chi connectivity index (χ2v) is 5.55. The van der Waals surface area contributed by atoms with E-state index in [4.69, 9.17) is 10.5 Å². The van der Waals surface area contributed by atoms with Crippen molar-refractivity contribution in [2.45, 2.75) is 32.2 Å². The van der Waals surface area contributed by atoms with E-state index >= 15 is 0 Å². The lowest BCUT2D eigenvalue weighted by Gasteiger charge is -2.28. The average Bonchev–Trinajstić information content (AvgIpc) is 2.82. The zero-order valence-corrected chi connectivity index (χ0v) is 11.5. The van der Waals surface area contributed by atoms with E-state index in [-0.39, 0.29) is 6.61 Å². The lowest BCUT2D eigenvalue weighted by molar-refractivity contribution is -0.205. The Labute approximate surface area is 119 Å². The minimum Gasteiger partial charge on any atom is -0.488 e. The van der Waals surface area contributed by atoms with Gasteiger partial charge in [-0.2, -0.15) is 18.3 Å². The molecule has 112 valence electrons. The Morgan fingerprint density at radius 3 is 2.67 bits per heavy atom. The maximum Gasteiger partial charge on any atom is 0.413 e. The minimum absolute atomic E-state index is 0.195. The van der Waals surface area contributed by atoms with Gasteiger partial charge in [0.15, 0.2) is 5.54 Å². The van der Waals surface area contributed by atoms with Crippen LogP contribution < -0.4 is 10.5 Å². The summed E-state index contributed by atoms with van der Waals surface area (Å²) in [5.41, 5.74) is 5.87. The summed E-state index contributed by atoms with van der Waals surface area (Å²) in [5.74, 6) is 0.576. The number of fused-ring (bicyclic) bond motifs is 3. The molecule has 7 heteroatoms. The number of benzene rings is 1. The maximum atomic E-state index is 13.1. The molecule has 3 rings (SSSR count). The minimum atomic E-state index is -4.40. The summed E-state index contributed by atoms with van der Waals surface area (Å²) in [5, 5.41) is 4.13. The Hall–Kier alpha value is -2.18. The van der Waals surface area contributed by atoms with E-state index in [0.29, 0.717) is 28.3 Å². The number of rotatable bonds is 1. The van der Waals surface area contributed by atoms with E-state index in [9.17, 15) is 13.2 Å². The monoisotopic (exact) mass is 297 g/mol. The second kappa shape index (κ2) is 4.16. The topological polar surface area (TPSA) is 53.1 Å². The van der Waals surface area contributed by atoms with Crippen molar-refractivity contribution in [1.82, 2.24) is 9.78 Å². The third kappa shape index (κ3) is 2.03. The van der Waals surface area contributed by atoms with Crippen molar-refractivity contribution < 1.29 is 17.9 Å². The molecule has 4 nitrogen and oxygen atoms in total. The summed E-state index contributed by atoms with van der Waals surface area (Å²) in [4.78, 5) is 0. The molecular weight excluding hydrogens is 283 g/mol. The van der Waals surface area contributed by atoms with Crippen molar-refractivity contribution in [1.29, 1.82) is 0 Å². The van der Waals surface area contributed by atoms with Gasteiger partial charge in [-0.25, -0.2) is 0 Å². The molecule has 21 heavy (non-hydrogen) atoms. The first-order valence-corrected chi connectivity index (χ1v) is 6.38. The fourth-order valence-electron chi connectivity index (χ4n) is 2.17. The van der Waals surface area contributed by atoms with Gasteiger partial charge in [-0.05, 0) is 32.0 Å². The van der Waals surface area contributed by atoms with Crippen molar-refractivity contribution >= 4 is 5.69 Å². The first-order valence-electron chi connectivity index (χ1n) is 6.38. The molecule has 0 atom stereocenters. The van der Waals surface area contributed by atoms with E-state index in [1.807, 2.05) is 0 Å². The molecule has 0 saturated heterocycles. The predicted octanol–water partition coefficient (Wildman–Crippen LogP) is 3.32. The van der Waals surface area contributed by atoms with E-state index in [2.05, 4.69) is 5.10 Å². The highest BCUT2D eigenvalue weighted by atomic mass is 19.4. The van der Waals surface area contributed by atoms with E-state index in [0.717, 1.165) is 18.5 Å². The van der Waals surface area contributed by atoms with Crippen LogP contribution in [0.3, 0.4) is 0 Å². The van der Waals surface area contributed by atoms with Crippen LogP contribution in [0.15, 0.2) is 24.4 Å². The Morgan fingerprint density at radius 2 is 2.00 bits per heavy atom. The Balaban J connectivity index is 2.13. The summed E-state index contributed by atoms with van der Waals surface area (Å²) in [6, 6.07) is 5.03. The van der Waals surface area contributed by atoms with Crippen molar-refractivity contribution in [3.8, 4) is 17.0 Å². The first-order chi connectivity index (χ1) is 9.70. The highest BCUT2D eigenvalue weighted by Crippen LogP contribution is 2.41. The molecule has 1 aromatic carbocycles. The number of hydrogen-bond donors (Lipinski definition) is 1. The number of hydrogen-bond acceptors (Lipinski definition) is 3. The highest BCUT2D eigenvalue weighted by Gasteiger charge is 2.50. The molecule has 0 spiro atoms. The molecule has 0 bridgehead atoms. The normalized spacial score (nSPS) is 14.3. The van der Waals surface area contributed by atoms with Crippen LogP contribution in [0.4, 0.5) is 18.9 Å². The number of aromatic nitrogens is 2. The summed E-state index contributed by atoms with van der Waals surface area (Å²) in [6.45, 7) is 2.37. The van der Waals surface area contributed by atoms with Gasteiger partial charge in [-0.3, -0.25) is 4.68 Å². The SMILES string of the molecule is CC(C)(n1cc2c(n1)-c1cc(N)ccc1OC2)C(F)(F)F. The van der Waals surface area contributed by atoms with Crippen LogP contribution in [0.1, 0.15) is 19.4 Å². The summed E-state index contributed by atoms with van der Waals surface area (Å²) < 4.78 is 45.9. The van der Waals surface area contributed by atoms with Crippen LogP contribution in [-0.4, -0.2) is 16.0 Å². The fourth-order valence-corrected chi connectivity index (χ4v) is 2.17. The zero-order chi connectivity index (χ0) is 15.4. The van der Waals surface area contributed by atoms with Crippen molar-refractivity contribution in [2.24, 2.45) is 0 Å². The molecule has 1 aliphatic rings. The highest BCUT2D eigenvalue weighted by molar-refractivity contribution is 5.74. The molecule has 2 heterocycles. The molecule has 1 aromatic heterocycles. The lowest BCUT2D eigenvalue weighted by atomic mass is 10.0. The number of nitrogens with zero attached hydrogens (tertiary/aromatic N) is 2. The van der Waals surface area contributed by atoms with Crippen LogP contribution in [0.25, 0.3) is 11.3 Å². The number of anilines is 1. The zero-order valence-electron chi connectivity index (χ0n) is 11.5. The lowest BCUT2D eigenvalue weighted by Crippen LogP contribution is -2.42. The summed E-state index contributed by atoms with van der Waals surface area (Å²) in [6.07, 6.45) is -3.02. The van der Waals surface area contributed by atoms with E-state index in [1.54, 1.807) is 18.2 Å². The van der Waals surface area contributed by atoms with Crippen LogP contribution >= 0.6 is 0 Å². The second-order valence-electron chi connectivity index (χ2n) is 5.55. The van der Waals surface area contributed by atoms with Crippen LogP contribution in [-0.2, 0) is 12.1 Å². The van der Waals surface area contributed by atoms with Crippen molar-refractivity contribution in [3.05, 3.63) is 30.0 Å². The Bertz CT molecular complexity index is 704. The number of nitrogens with two attached hydrogens (primary N) is 1. The summed E-state index contributed by atoms with van der Waals surface area (Å²) in [7, 11) is 0. The quantitative estimate of drug-likeness (QED) is 0.821.